The molecule has 1 aromatic heterocycles. The standard InChI is InChI=1S/C12H22N4O/c1-3-5-10-11(13)12(15(2)14-10)16-6-4-8-17-9-7-16/h3-9,13H2,1-2H3. The SMILES string of the molecule is CCCc1nn(C)c(N2CCCOCC2)c1N. The van der Waals surface area contributed by atoms with Crippen LogP contribution in [0.4, 0.5) is 11.5 Å². The Kier molecular flexibility index (Phi) is 3.89. The highest BCUT2D eigenvalue weighted by molar-refractivity contribution is 5.66. The Morgan fingerprint density at radius 1 is 1.35 bits per heavy atom. The number of hydrogen-bond acceptors (Lipinski definition) is 4. The second kappa shape index (κ2) is 5.40. The molecule has 17 heavy (non-hydrogen) atoms. The van der Waals surface area contributed by atoms with Crippen LogP contribution < -0.4 is 10.6 Å². The fourth-order valence-electron chi connectivity index (χ4n) is 2.34. The molecule has 2 rings (SSSR count). The summed E-state index contributed by atoms with van der Waals surface area (Å²) < 4.78 is 7.38. The molecule has 5 nitrogen and oxygen atoms in total. The number of ether oxygens (including phenoxy) is 1. The second-order valence-corrected chi connectivity index (χ2v) is 4.51. The molecule has 96 valence electrons. The van der Waals surface area contributed by atoms with Gasteiger partial charge in [-0.3, -0.25) is 4.68 Å². The molecule has 0 aliphatic carbocycles. The van der Waals surface area contributed by atoms with Crippen molar-refractivity contribution in [1.82, 2.24) is 9.78 Å². The molecule has 0 unspecified atom stereocenters. The molecule has 0 radical (unpaired) electrons. The third kappa shape index (κ3) is 2.54. The normalized spacial score (nSPS) is 17.2. The number of hydrogen-bond donors (Lipinski definition) is 1. The van der Waals surface area contributed by atoms with Crippen LogP contribution in [0.2, 0.25) is 0 Å². The van der Waals surface area contributed by atoms with Gasteiger partial charge in [0.05, 0.1) is 18.0 Å². The summed E-state index contributed by atoms with van der Waals surface area (Å²) >= 11 is 0. The third-order valence-electron chi connectivity index (χ3n) is 3.14. The molecule has 0 spiro atoms. The van der Waals surface area contributed by atoms with Gasteiger partial charge in [-0.25, -0.2) is 0 Å². The van der Waals surface area contributed by atoms with E-state index >= 15 is 0 Å². The number of nitrogens with two attached hydrogens (primary N) is 1. The highest BCUT2D eigenvalue weighted by Gasteiger charge is 2.19. The number of nitrogens with zero attached hydrogens (tertiary/aromatic N) is 3. The van der Waals surface area contributed by atoms with E-state index < -0.39 is 0 Å². The first-order valence-corrected chi connectivity index (χ1v) is 6.38. The molecule has 2 N–H and O–H groups in total. The van der Waals surface area contributed by atoms with E-state index in [1.54, 1.807) is 0 Å². The molecule has 1 aliphatic heterocycles. The average molecular weight is 238 g/mol. The van der Waals surface area contributed by atoms with Gasteiger partial charge in [-0.2, -0.15) is 5.10 Å². The van der Waals surface area contributed by atoms with Gasteiger partial charge in [0.15, 0.2) is 0 Å². The van der Waals surface area contributed by atoms with Gasteiger partial charge in [-0.15, -0.1) is 0 Å². The van der Waals surface area contributed by atoms with Gasteiger partial charge >= 0.3 is 0 Å². The van der Waals surface area contributed by atoms with Gasteiger partial charge in [0, 0.05) is 26.7 Å². The summed E-state index contributed by atoms with van der Waals surface area (Å²) in [5.74, 6) is 1.05. The summed E-state index contributed by atoms with van der Waals surface area (Å²) in [5.41, 5.74) is 8.07. The van der Waals surface area contributed by atoms with E-state index in [9.17, 15) is 0 Å². The van der Waals surface area contributed by atoms with Crippen LogP contribution in [0.15, 0.2) is 0 Å². The number of anilines is 2. The lowest BCUT2D eigenvalue weighted by molar-refractivity contribution is 0.152. The monoisotopic (exact) mass is 238 g/mol. The van der Waals surface area contributed by atoms with E-state index in [0.29, 0.717) is 0 Å². The molecule has 2 heterocycles. The lowest BCUT2D eigenvalue weighted by Crippen LogP contribution is -2.28. The van der Waals surface area contributed by atoms with Crippen molar-refractivity contribution in [2.24, 2.45) is 7.05 Å². The van der Waals surface area contributed by atoms with E-state index in [1.165, 1.54) is 0 Å². The highest BCUT2D eigenvalue weighted by atomic mass is 16.5. The summed E-state index contributed by atoms with van der Waals surface area (Å²) in [7, 11) is 1.97. The van der Waals surface area contributed by atoms with Gasteiger partial charge in [0.1, 0.15) is 5.82 Å². The Bertz CT molecular complexity index is 367. The first-order chi connectivity index (χ1) is 8.24. The Morgan fingerprint density at radius 3 is 2.94 bits per heavy atom. The van der Waals surface area contributed by atoms with Crippen LogP contribution >= 0.6 is 0 Å². The molecular weight excluding hydrogens is 216 g/mol. The zero-order valence-corrected chi connectivity index (χ0v) is 10.8. The van der Waals surface area contributed by atoms with Crippen LogP contribution in [-0.4, -0.2) is 36.1 Å². The number of nitrogen functional groups attached to an aromatic ring is 1. The van der Waals surface area contributed by atoms with Crippen molar-refractivity contribution in [3.05, 3.63) is 5.69 Å². The second-order valence-electron chi connectivity index (χ2n) is 4.51. The molecule has 0 bridgehead atoms. The number of rotatable bonds is 3. The average Bonchev–Trinajstić information content (AvgIpc) is 2.52. The minimum Gasteiger partial charge on any atom is -0.394 e. The first kappa shape index (κ1) is 12.2. The van der Waals surface area contributed by atoms with Gasteiger partial charge in [0.2, 0.25) is 0 Å². The van der Waals surface area contributed by atoms with E-state index in [2.05, 4.69) is 16.9 Å². The summed E-state index contributed by atoms with van der Waals surface area (Å²) in [6.07, 6.45) is 3.07. The van der Waals surface area contributed by atoms with Crippen LogP contribution in [0, 0.1) is 0 Å². The summed E-state index contributed by atoms with van der Waals surface area (Å²) in [5, 5.41) is 4.51. The molecule has 1 saturated heterocycles. The predicted octanol–water partition coefficient (Wildman–Crippen LogP) is 1.18. The zero-order valence-electron chi connectivity index (χ0n) is 10.8. The predicted molar refractivity (Wildman–Crippen MR) is 69.3 cm³/mol. The number of aryl methyl sites for hydroxylation is 2. The quantitative estimate of drug-likeness (QED) is 0.859. The van der Waals surface area contributed by atoms with E-state index in [0.717, 1.165) is 62.8 Å². The van der Waals surface area contributed by atoms with Gasteiger partial charge in [0.25, 0.3) is 0 Å². The van der Waals surface area contributed by atoms with Crippen molar-refractivity contribution in [1.29, 1.82) is 0 Å². The van der Waals surface area contributed by atoms with Crippen LogP contribution in [-0.2, 0) is 18.2 Å². The molecular formula is C12H22N4O. The third-order valence-corrected chi connectivity index (χ3v) is 3.14. The summed E-state index contributed by atoms with van der Waals surface area (Å²) in [6, 6.07) is 0. The van der Waals surface area contributed by atoms with Crippen molar-refractivity contribution in [3.63, 3.8) is 0 Å². The van der Waals surface area contributed by atoms with Crippen molar-refractivity contribution in [3.8, 4) is 0 Å². The smallest absolute Gasteiger partial charge is 0.150 e. The van der Waals surface area contributed by atoms with Crippen LogP contribution in [0.3, 0.4) is 0 Å². The maximum atomic E-state index is 6.21. The minimum absolute atomic E-state index is 0.772. The Labute approximate surface area is 103 Å². The molecule has 5 heteroatoms. The van der Waals surface area contributed by atoms with Crippen molar-refractivity contribution >= 4 is 11.5 Å². The van der Waals surface area contributed by atoms with Gasteiger partial charge < -0.3 is 15.4 Å². The molecule has 0 aromatic carbocycles. The molecule has 1 fully saturated rings. The van der Waals surface area contributed by atoms with E-state index in [4.69, 9.17) is 10.5 Å². The Morgan fingerprint density at radius 2 is 2.18 bits per heavy atom. The van der Waals surface area contributed by atoms with Crippen LogP contribution in [0.5, 0.6) is 0 Å². The van der Waals surface area contributed by atoms with Gasteiger partial charge in [-0.1, -0.05) is 13.3 Å². The fraction of sp³-hybridized carbons (Fsp3) is 0.750. The Hall–Kier alpha value is -1.23. The molecule has 0 saturated carbocycles. The maximum absolute atomic E-state index is 6.21. The zero-order chi connectivity index (χ0) is 12.3. The van der Waals surface area contributed by atoms with Crippen molar-refractivity contribution in [2.75, 3.05) is 36.9 Å². The van der Waals surface area contributed by atoms with Crippen molar-refractivity contribution in [2.45, 2.75) is 26.2 Å². The largest absolute Gasteiger partial charge is 0.394 e. The summed E-state index contributed by atoms with van der Waals surface area (Å²) in [6.45, 7) is 5.65. The topological polar surface area (TPSA) is 56.3 Å². The lowest BCUT2D eigenvalue weighted by atomic mass is 10.2. The molecule has 1 aromatic rings. The highest BCUT2D eigenvalue weighted by Crippen LogP contribution is 2.27. The van der Waals surface area contributed by atoms with Crippen LogP contribution in [0.1, 0.15) is 25.5 Å². The molecule has 0 amide bonds. The fourth-order valence-corrected chi connectivity index (χ4v) is 2.34. The van der Waals surface area contributed by atoms with Gasteiger partial charge in [-0.05, 0) is 12.8 Å². The van der Waals surface area contributed by atoms with E-state index in [1.807, 2.05) is 11.7 Å². The molecule has 0 atom stereocenters. The maximum Gasteiger partial charge on any atom is 0.150 e. The molecule has 1 aliphatic rings. The minimum atomic E-state index is 0.772. The van der Waals surface area contributed by atoms with Crippen molar-refractivity contribution < 1.29 is 4.74 Å². The first-order valence-electron chi connectivity index (χ1n) is 6.38. The Balaban J connectivity index is 2.23. The number of aromatic nitrogens is 2. The van der Waals surface area contributed by atoms with E-state index in [-0.39, 0.29) is 0 Å². The summed E-state index contributed by atoms with van der Waals surface area (Å²) in [4.78, 5) is 2.29. The lowest BCUT2D eigenvalue weighted by Gasteiger charge is -2.22. The van der Waals surface area contributed by atoms with Crippen LogP contribution in [0.25, 0.3) is 0 Å².